The Balaban J connectivity index is 1.40. The molecule has 1 aliphatic carbocycles. The molecule has 4 heteroatoms. The van der Waals surface area contributed by atoms with Gasteiger partial charge in [-0.2, -0.15) is 0 Å². The van der Waals surface area contributed by atoms with Crippen molar-refractivity contribution in [1.29, 1.82) is 0 Å². The molecule has 0 spiro atoms. The van der Waals surface area contributed by atoms with Gasteiger partial charge in [-0.1, -0.05) is 89.6 Å². The van der Waals surface area contributed by atoms with Crippen LogP contribution in [0, 0.1) is 0 Å². The quantitative estimate of drug-likeness (QED) is 0.318. The SMILES string of the molecule is O=CCOc1cccc2c1CCC(Cc1cc(C(c3ccccc3)c3ccccc3)no1)=C2. The van der Waals surface area contributed by atoms with Gasteiger partial charge in [-0.05, 0) is 35.6 Å². The minimum absolute atomic E-state index is 0.0310. The van der Waals surface area contributed by atoms with E-state index >= 15 is 0 Å². The Morgan fingerprint density at radius 1 is 0.909 bits per heavy atom. The molecule has 4 aromatic rings. The summed E-state index contributed by atoms with van der Waals surface area (Å²) in [6.07, 6.45) is 5.52. The predicted molar refractivity (Wildman–Crippen MR) is 128 cm³/mol. The first kappa shape index (κ1) is 21.0. The number of nitrogens with zero attached hydrogens (tertiary/aromatic N) is 1. The van der Waals surface area contributed by atoms with Crippen LogP contribution >= 0.6 is 0 Å². The lowest BCUT2D eigenvalue weighted by Crippen LogP contribution is -2.06. The zero-order valence-corrected chi connectivity index (χ0v) is 18.3. The number of hydrogen-bond acceptors (Lipinski definition) is 4. The molecule has 0 bridgehead atoms. The van der Waals surface area contributed by atoms with Gasteiger partial charge in [0.15, 0.2) is 6.29 Å². The lowest BCUT2D eigenvalue weighted by atomic mass is 9.87. The number of allylic oxidation sites excluding steroid dienone is 1. The summed E-state index contributed by atoms with van der Waals surface area (Å²) in [6.45, 7) is 0.0812. The highest BCUT2D eigenvalue weighted by atomic mass is 16.5. The molecule has 33 heavy (non-hydrogen) atoms. The van der Waals surface area contributed by atoms with Crippen LogP contribution in [0.3, 0.4) is 0 Å². The van der Waals surface area contributed by atoms with E-state index in [2.05, 4.69) is 71.9 Å². The fraction of sp³-hybridized carbons (Fsp3) is 0.172. The summed E-state index contributed by atoms with van der Waals surface area (Å²) in [5.41, 5.74) is 6.91. The molecule has 1 aromatic heterocycles. The zero-order chi connectivity index (χ0) is 22.5. The summed E-state index contributed by atoms with van der Waals surface area (Å²) in [7, 11) is 0. The molecule has 0 amide bonds. The maximum Gasteiger partial charge on any atom is 0.157 e. The molecule has 5 rings (SSSR count). The first-order chi connectivity index (χ1) is 16.3. The van der Waals surface area contributed by atoms with Gasteiger partial charge in [-0.3, -0.25) is 4.79 Å². The highest BCUT2D eigenvalue weighted by Gasteiger charge is 2.22. The second-order valence-electron chi connectivity index (χ2n) is 8.25. The van der Waals surface area contributed by atoms with E-state index in [9.17, 15) is 4.79 Å². The van der Waals surface area contributed by atoms with Crippen molar-refractivity contribution in [3.63, 3.8) is 0 Å². The van der Waals surface area contributed by atoms with Gasteiger partial charge >= 0.3 is 0 Å². The summed E-state index contributed by atoms with van der Waals surface area (Å²) < 4.78 is 11.4. The molecule has 3 aromatic carbocycles. The first-order valence-electron chi connectivity index (χ1n) is 11.2. The van der Waals surface area contributed by atoms with E-state index in [-0.39, 0.29) is 12.5 Å². The number of hydrogen-bond donors (Lipinski definition) is 0. The third-order valence-electron chi connectivity index (χ3n) is 6.07. The number of carbonyl (C=O) groups excluding carboxylic acids is 1. The standard InChI is InChI=1S/C29H25NO3/c31-16-17-32-28-13-7-12-24-18-21(14-15-26(24)28)19-25-20-27(30-33-25)29(22-8-3-1-4-9-22)23-10-5-2-6-11-23/h1-13,16,18,20,29H,14-15,17,19H2. The van der Waals surface area contributed by atoms with E-state index < -0.39 is 0 Å². The maximum atomic E-state index is 10.7. The first-order valence-corrected chi connectivity index (χ1v) is 11.2. The molecule has 0 unspecified atom stereocenters. The van der Waals surface area contributed by atoms with Gasteiger partial charge in [0.1, 0.15) is 18.1 Å². The Labute approximate surface area is 193 Å². The van der Waals surface area contributed by atoms with Gasteiger partial charge in [0.2, 0.25) is 0 Å². The lowest BCUT2D eigenvalue weighted by Gasteiger charge is -2.19. The molecule has 0 atom stereocenters. The molecule has 0 radical (unpaired) electrons. The van der Waals surface area contributed by atoms with Crippen LogP contribution in [-0.2, 0) is 17.6 Å². The van der Waals surface area contributed by atoms with Crippen LogP contribution in [0.4, 0.5) is 0 Å². The highest BCUT2D eigenvalue weighted by Crippen LogP contribution is 2.34. The molecule has 164 valence electrons. The molecule has 0 fully saturated rings. The fourth-order valence-electron chi connectivity index (χ4n) is 4.56. The van der Waals surface area contributed by atoms with Gasteiger partial charge < -0.3 is 9.26 Å². The molecule has 4 nitrogen and oxygen atoms in total. The Hall–Kier alpha value is -3.92. The van der Waals surface area contributed by atoms with Crippen LogP contribution in [-0.4, -0.2) is 18.0 Å². The van der Waals surface area contributed by atoms with Crippen molar-refractivity contribution in [3.8, 4) is 5.75 Å². The summed E-state index contributed by atoms with van der Waals surface area (Å²) in [4.78, 5) is 10.7. The highest BCUT2D eigenvalue weighted by molar-refractivity contribution is 5.64. The molecular weight excluding hydrogens is 410 g/mol. The molecule has 1 heterocycles. The number of aromatic nitrogens is 1. The second-order valence-corrected chi connectivity index (χ2v) is 8.25. The number of ether oxygens (including phenoxy) is 1. The molecule has 0 saturated carbocycles. The number of aldehydes is 1. The van der Waals surface area contributed by atoms with Crippen molar-refractivity contribution in [2.24, 2.45) is 0 Å². The van der Waals surface area contributed by atoms with Crippen LogP contribution in [0.2, 0.25) is 0 Å². The van der Waals surface area contributed by atoms with E-state index in [0.29, 0.717) is 0 Å². The normalized spacial score (nSPS) is 12.8. The van der Waals surface area contributed by atoms with Crippen molar-refractivity contribution in [3.05, 3.63) is 124 Å². The van der Waals surface area contributed by atoms with Crippen LogP contribution in [0.25, 0.3) is 6.08 Å². The van der Waals surface area contributed by atoms with Crippen LogP contribution in [0.5, 0.6) is 5.75 Å². The van der Waals surface area contributed by atoms with Gasteiger partial charge in [-0.15, -0.1) is 0 Å². The van der Waals surface area contributed by atoms with Crippen LogP contribution in [0.1, 0.15) is 46.0 Å². The molecular formula is C29H25NO3. The number of rotatable bonds is 8. The molecule has 1 aliphatic rings. The monoisotopic (exact) mass is 435 g/mol. The van der Waals surface area contributed by atoms with E-state index in [1.165, 1.54) is 16.7 Å². The van der Waals surface area contributed by atoms with E-state index in [1.54, 1.807) is 0 Å². The average Bonchev–Trinajstić information content (AvgIpc) is 3.31. The summed E-state index contributed by atoms with van der Waals surface area (Å²) in [6, 6.07) is 28.9. The third kappa shape index (κ3) is 4.65. The van der Waals surface area contributed by atoms with E-state index in [1.807, 2.05) is 24.3 Å². The molecule has 0 N–H and O–H groups in total. The topological polar surface area (TPSA) is 52.3 Å². The minimum Gasteiger partial charge on any atom is -0.486 e. The predicted octanol–water partition coefficient (Wildman–Crippen LogP) is 6.00. The molecule has 0 aliphatic heterocycles. The summed E-state index contributed by atoms with van der Waals surface area (Å²) in [5.74, 6) is 1.69. The number of carbonyl (C=O) groups is 1. The minimum atomic E-state index is 0.0310. The zero-order valence-electron chi connectivity index (χ0n) is 18.3. The van der Waals surface area contributed by atoms with Crippen molar-refractivity contribution in [2.45, 2.75) is 25.2 Å². The Kier molecular flexibility index (Phi) is 6.16. The van der Waals surface area contributed by atoms with Crippen LogP contribution < -0.4 is 4.74 Å². The van der Waals surface area contributed by atoms with Crippen LogP contribution in [0.15, 0.2) is 95.0 Å². The van der Waals surface area contributed by atoms with E-state index in [0.717, 1.165) is 53.9 Å². The van der Waals surface area contributed by atoms with Crippen molar-refractivity contribution >= 4 is 12.4 Å². The smallest absolute Gasteiger partial charge is 0.157 e. The fourth-order valence-corrected chi connectivity index (χ4v) is 4.56. The Morgan fingerprint density at radius 3 is 2.33 bits per heavy atom. The third-order valence-corrected chi connectivity index (χ3v) is 6.07. The maximum absolute atomic E-state index is 10.7. The van der Waals surface area contributed by atoms with Crippen molar-refractivity contribution in [2.75, 3.05) is 6.61 Å². The number of benzene rings is 3. The average molecular weight is 436 g/mol. The van der Waals surface area contributed by atoms with Gasteiger partial charge in [-0.25, -0.2) is 0 Å². The number of fused-ring (bicyclic) bond motifs is 1. The Morgan fingerprint density at radius 2 is 1.64 bits per heavy atom. The largest absolute Gasteiger partial charge is 0.486 e. The summed E-state index contributed by atoms with van der Waals surface area (Å²) in [5, 5.41) is 4.47. The van der Waals surface area contributed by atoms with Gasteiger partial charge in [0.25, 0.3) is 0 Å². The van der Waals surface area contributed by atoms with Crippen molar-refractivity contribution in [1.82, 2.24) is 5.16 Å². The summed E-state index contributed by atoms with van der Waals surface area (Å²) >= 11 is 0. The lowest BCUT2D eigenvalue weighted by molar-refractivity contribution is -0.109. The molecule has 0 saturated heterocycles. The van der Waals surface area contributed by atoms with Gasteiger partial charge in [0.05, 0.1) is 11.6 Å². The van der Waals surface area contributed by atoms with E-state index in [4.69, 9.17) is 9.26 Å². The van der Waals surface area contributed by atoms with Crippen molar-refractivity contribution < 1.29 is 14.1 Å². The second kappa shape index (κ2) is 9.70. The Bertz CT molecular complexity index is 1220. The van der Waals surface area contributed by atoms with Gasteiger partial charge in [0, 0.05) is 18.1 Å².